The molecule has 0 atom stereocenters. The predicted molar refractivity (Wildman–Crippen MR) is 102 cm³/mol. The van der Waals surface area contributed by atoms with E-state index in [2.05, 4.69) is 15.5 Å². The van der Waals surface area contributed by atoms with Crippen molar-refractivity contribution in [3.05, 3.63) is 63.8 Å². The SMILES string of the molecule is O=C(CCc1c[nH]c2ccccc12)N/N=C/c1cc2c(cc1[N+](=O)[O-])OCO2. The Morgan fingerprint density at radius 2 is 2.07 bits per heavy atom. The Morgan fingerprint density at radius 3 is 2.89 bits per heavy atom. The molecule has 2 aromatic carbocycles. The Kier molecular flexibility index (Phi) is 4.63. The topological polar surface area (TPSA) is 119 Å². The summed E-state index contributed by atoms with van der Waals surface area (Å²) in [6.45, 7) is 0.0116. The van der Waals surface area contributed by atoms with Crippen LogP contribution in [0, 0.1) is 10.1 Å². The lowest BCUT2D eigenvalue weighted by Gasteiger charge is -2.02. The Morgan fingerprint density at radius 1 is 1.29 bits per heavy atom. The van der Waals surface area contributed by atoms with Crippen molar-refractivity contribution in [3.8, 4) is 11.5 Å². The van der Waals surface area contributed by atoms with Crippen LogP contribution in [0.4, 0.5) is 5.69 Å². The van der Waals surface area contributed by atoms with Gasteiger partial charge in [-0.25, -0.2) is 5.43 Å². The van der Waals surface area contributed by atoms with Crippen LogP contribution in [0.3, 0.4) is 0 Å². The van der Waals surface area contributed by atoms with E-state index in [-0.39, 0.29) is 30.4 Å². The average Bonchev–Trinajstić information content (AvgIpc) is 3.32. The molecule has 0 saturated heterocycles. The molecule has 0 aliphatic carbocycles. The van der Waals surface area contributed by atoms with Crippen LogP contribution in [0.2, 0.25) is 0 Å². The summed E-state index contributed by atoms with van der Waals surface area (Å²) in [6, 6.07) is 10.6. The van der Waals surface area contributed by atoms with E-state index >= 15 is 0 Å². The van der Waals surface area contributed by atoms with Crippen molar-refractivity contribution in [2.45, 2.75) is 12.8 Å². The number of nitro benzene ring substituents is 1. The molecule has 2 heterocycles. The standard InChI is InChI=1S/C19H16N4O5/c24-19(6-5-12-9-20-15-4-2-1-3-14(12)15)22-21-10-13-7-17-18(28-11-27-17)8-16(13)23(25)26/h1-4,7-10,20H,5-6,11H2,(H,22,24)/b21-10+. The summed E-state index contributed by atoms with van der Waals surface area (Å²) in [5.74, 6) is 0.425. The fraction of sp³-hybridized carbons (Fsp3) is 0.158. The number of nitro groups is 1. The number of hydrazone groups is 1. The van der Waals surface area contributed by atoms with Crippen LogP contribution in [0.5, 0.6) is 11.5 Å². The summed E-state index contributed by atoms with van der Waals surface area (Å²) in [5, 5.41) is 16.1. The largest absolute Gasteiger partial charge is 0.454 e. The summed E-state index contributed by atoms with van der Waals surface area (Å²) in [7, 11) is 0. The van der Waals surface area contributed by atoms with Crippen molar-refractivity contribution < 1.29 is 19.2 Å². The maximum absolute atomic E-state index is 12.1. The van der Waals surface area contributed by atoms with Gasteiger partial charge in [0, 0.05) is 23.5 Å². The highest BCUT2D eigenvalue weighted by Crippen LogP contribution is 2.37. The second-order valence-electron chi connectivity index (χ2n) is 6.17. The zero-order valence-electron chi connectivity index (χ0n) is 14.7. The third-order valence-electron chi connectivity index (χ3n) is 4.41. The lowest BCUT2D eigenvalue weighted by molar-refractivity contribution is -0.385. The number of hydrogen-bond acceptors (Lipinski definition) is 6. The molecule has 9 heteroatoms. The summed E-state index contributed by atoms with van der Waals surface area (Å²) in [5.41, 5.74) is 4.50. The third kappa shape index (κ3) is 3.50. The second-order valence-corrected chi connectivity index (χ2v) is 6.17. The molecule has 0 radical (unpaired) electrons. The van der Waals surface area contributed by atoms with Crippen LogP contribution in [0.15, 0.2) is 47.7 Å². The predicted octanol–water partition coefficient (Wildman–Crippen LogP) is 2.89. The van der Waals surface area contributed by atoms with Gasteiger partial charge in [-0.05, 0) is 24.1 Å². The van der Waals surface area contributed by atoms with Crippen molar-refractivity contribution in [2.75, 3.05) is 6.79 Å². The minimum atomic E-state index is -0.540. The summed E-state index contributed by atoms with van der Waals surface area (Å²) in [6.07, 6.45) is 3.90. The molecule has 0 fully saturated rings. The van der Waals surface area contributed by atoms with Crippen LogP contribution in [-0.4, -0.2) is 28.8 Å². The molecule has 1 aliphatic rings. The number of rotatable bonds is 6. The van der Waals surface area contributed by atoms with E-state index in [4.69, 9.17) is 9.47 Å². The molecule has 28 heavy (non-hydrogen) atoms. The first-order valence-corrected chi connectivity index (χ1v) is 8.57. The van der Waals surface area contributed by atoms with Crippen LogP contribution in [0.1, 0.15) is 17.5 Å². The van der Waals surface area contributed by atoms with Crippen molar-refractivity contribution in [1.82, 2.24) is 10.4 Å². The second kappa shape index (κ2) is 7.39. The van der Waals surface area contributed by atoms with Gasteiger partial charge in [0.15, 0.2) is 11.5 Å². The summed E-state index contributed by atoms with van der Waals surface area (Å²) < 4.78 is 10.4. The Balaban J connectivity index is 1.39. The number of nitrogens with zero attached hydrogens (tertiary/aromatic N) is 2. The van der Waals surface area contributed by atoms with Gasteiger partial charge in [-0.15, -0.1) is 0 Å². The number of carbonyl (C=O) groups is 1. The highest BCUT2D eigenvalue weighted by atomic mass is 16.7. The number of H-pyrrole nitrogens is 1. The molecule has 0 unspecified atom stereocenters. The molecule has 1 amide bonds. The number of amides is 1. The molecule has 0 spiro atoms. The Bertz CT molecular complexity index is 1090. The van der Waals surface area contributed by atoms with E-state index in [9.17, 15) is 14.9 Å². The van der Waals surface area contributed by atoms with Gasteiger partial charge in [0.1, 0.15) is 0 Å². The third-order valence-corrected chi connectivity index (χ3v) is 4.41. The molecule has 1 aliphatic heterocycles. The molecule has 3 aromatic rings. The Hall–Kier alpha value is -3.88. The number of carbonyl (C=O) groups excluding carboxylic acids is 1. The number of fused-ring (bicyclic) bond motifs is 2. The van der Waals surface area contributed by atoms with Gasteiger partial charge in [-0.2, -0.15) is 5.10 Å². The number of aromatic nitrogens is 1. The minimum Gasteiger partial charge on any atom is -0.454 e. The number of hydrogen-bond donors (Lipinski definition) is 2. The van der Waals surface area contributed by atoms with Crippen LogP contribution in [-0.2, 0) is 11.2 Å². The monoisotopic (exact) mass is 380 g/mol. The van der Waals surface area contributed by atoms with Gasteiger partial charge in [0.2, 0.25) is 12.7 Å². The van der Waals surface area contributed by atoms with Gasteiger partial charge in [-0.3, -0.25) is 14.9 Å². The first-order valence-electron chi connectivity index (χ1n) is 8.57. The van der Waals surface area contributed by atoms with E-state index < -0.39 is 4.92 Å². The number of nitrogens with one attached hydrogen (secondary N) is 2. The van der Waals surface area contributed by atoms with Gasteiger partial charge in [0.05, 0.1) is 22.8 Å². The number of aromatic amines is 1. The first-order chi connectivity index (χ1) is 13.6. The Labute approximate surface area is 159 Å². The first kappa shape index (κ1) is 17.5. The van der Waals surface area contributed by atoms with Crippen LogP contribution in [0.25, 0.3) is 10.9 Å². The van der Waals surface area contributed by atoms with Crippen molar-refractivity contribution in [2.24, 2.45) is 5.10 Å². The molecule has 4 rings (SSSR count). The molecular weight excluding hydrogens is 364 g/mol. The average molecular weight is 380 g/mol. The quantitative estimate of drug-likeness (QED) is 0.387. The minimum absolute atomic E-state index is 0.0116. The smallest absolute Gasteiger partial charge is 0.282 e. The van der Waals surface area contributed by atoms with Crippen LogP contribution >= 0.6 is 0 Å². The maximum Gasteiger partial charge on any atom is 0.282 e. The number of benzene rings is 2. The number of para-hydroxylation sites is 1. The highest BCUT2D eigenvalue weighted by molar-refractivity contribution is 5.88. The van der Waals surface area contributed by atoms with E-state index in [0.717, 1.165) is 16.5 Å². The maximum atomic E-state index is 12.1. The van der Waals surface area contributed by atoms with E-state index in [1.54, 1.807) is 0 Å². The number of aryl methyl sites for hydroxylation is 1. The van der Waals surface area contributed by atoms with Gasteiger partial charge in [-0.1, -0.05) is 18.2 Å². The van der Waals surface area contributed by atoms with Crippen LogP contribution < -0.4 is 14.9 Å². The van der Waals surface area contributed by atoms with Gasteiger partial charge < -0.3 is 14.5 Å². The van der Waals surface area contributed by atoms with Crippen molar-refractivity contribution in [1.29, 1.82) is 0 Å². The van der Waals surface area contributed by atoms with E-state index in [0.29, 0.717) is 17.9 Å². The molecule has 0 saturated carbocycles. The van der Waals surface area contributed by atoms with E-state index in [1.807, 2.05) is 30.5 Å². The fourth-order valence-electron chi connectivity index (χ4n) is 3.02. The zero-order chi connectivity index (χ0) is 19.5. The molecule has 9 nitrogen and oxygen atoms in total. The molecule has 0 bridgehead atoms. The van der Waals surface area contributed by atoms with Gasteiger partial charge >= 0.3 is 0 Å². The summed E-state index contributed by atoms with van der Waals surface area (Å²) in [4.78, 5) is 25.9. The van der Waals surface area contributed by atoms with Gasteiger partial charge in [0.25, 0.3) is 5.69 Å². The number of ether oxygens (including phenoxy) is 2. The molecule has 2 N–H and O–H groups in total. The van der Waals surface area contributed by atoms with E-state index in [1.165, 1.54) is 18.3 Å². The molecular formula is C19H16N4O5. The molecule has 142 valence electrons. The lowest BCUT2D eigenvalue weighted by atomic mass is 10.1. The highest BCUT2D eigenvalue weighted by Gasteiger charge is 2.22. The fourth-order valence-corrected chi connectivity index (χ4v) is 3.02. The summed E-state index contributed by atoms with van der Waals surface area (Å²) >= 11 is 0. The van der Waals surface area contributed by atoms with Crippen molar-refractivity contribution in [3.63, 3.8) is 0 Å². The van der Waals surface area contributed by atoms with Crippen molar-refractivity contribution >= 4 is 28.7 Å². The molecule has 1 aromatic heterocycles. The normalized spacial score (nSPS) is 12.6. The lowest BCUT2D eigenvalue weighted by Crippen LogP contribution is -2.18. The zero-order valence-corrected chi connectivity index (χ0v) is 14.7.